The van der Waals surface area contributed by atoms with Crippen LogP contribution in [0.5, 0.6) is 0 Å². The Balaban J connectivity index is 3.85. The second kappa shape index (κ2) is 9.29. The van der Waals surface area contributed by atoms with Crippen LogP contribution in [0, 0.1) is 5.92 Å². The highest BCUT2D eigenvalue weighted by Crippen LogP contribution is 2.10. The maximum atomic E-state index is 3.58. The van der Waals surface area contributed by atoms with E-state index in [-0.39, 0.29) is 0 Å². The summed E-state index contributed by atoms with van der Waals surface area (Å²) in [6.07, 6.45) is 3.56. The summed E-state index contributed by atoms with van der Waals surface area (Å²) in [5.74, 6) is 3.26. The molecule has 0 spiro atoms. The lowest BCUT2D eigenvalue weighted by Gasteiger charge is -2.15. The molecule has 0 aliphatic heterocycles. The first-order chi connectivity index (χ1) is 7.06. The van der Waals surface area contributed by atoms with E-state index in [9.17, 15) is 0 Å². The van der Waals surface area contributed by atoms with Gasteiger partial charge in [0.2, 0.25) is 0 Å². The van der Waals surface area contributed by atoms with Crippen molar-refractivity contribution in [1.82, 2.24) is 5.32 Å². The third-order valence-corrected chi connectivity index (χ3v) is 3.44. The van der Waals surface area contributed by atoms with Crippen molar-refractivity contribution in [2.75, 3.05) is 18.1 Å². The molecule has 0 aromatic carbocycles. The first kappa shape index (κ1) is 15.0. The standard InChI is InChI=1S/C13H27NS/c1-6-7-14-13(8-11(2)3)10-15-9-12(4)5/h8,12-14H,6-7,9-10H2,1-5H3. The van der Waals surface area contributed by atoms with E-state index >= 15 is 0 Å². The average Bonchev–Trinajstić information content (AvgIpc) is 2.12. The highest BCUT2D eigenvalue weighted by atomic mass is 32.2. The smallest absolute Gasteiger partial charge is 0.0343 e. The van der Waals surface area contributed by atoms with Gasteiger partial charge in [-0.15, -0.1) is 0 Å². The summed E-state index contributed by atoms with van der Waals surface area (Å²) in [5, 5.41) is 3.58. The van der Waals surface area contributed by atoms with Gasteiger partial charge in [0, 0.05) is 11.8 Å². The van der Waals surface area contributed by atoms with Gasteiger partial charge in [0.25, 0.3) is 0 Å². The molecule has 0 saturated heterocycles. The van der Waals surface area contributed by atoms with E-state index in [0.29, 0.717) is 6.04 Å². The zero-order valence-electron chi connectivity index (χ0n) is 11.0. The lowest BCUT2D eigenvalue weighted by atomic mass is 10.2. The summed E-state index contributed by atoms with van der Waals surface area (Å²) in [6.45, 7) is 12.2. The van der Waals surface area contributed by atoms with Crippen molar-refractivity contribution in [2.45, 2.75) is 47.1 Å². The Morgan fingerprint density at radius 3 is 2.40 bits per heavy atom. The van der Waals surface area contributed by atoms with E-state index in [1.165, 1.54) is 23.5 Å². The molecule has 0 aromatic rings. The summed E-state index contributed by atoms with van der Waals surface area (Å²) in [5.41, 5.74) is 1.41. The Hall–Kier alpha value is 0.0500. The second-order valence-electron chi connectivity index (χ2n) is 4.74. The van der Waals surface area contributed by atoms with Crippen molar-refractivity contribution in [3.63, 3.8) is 0 Å². The first-order valence-corrected chi connectivity index (χ1v) is 7.17. The summed E-state index contributed by atoms with van der Waals surface area (Å²) >= 11 is 2.05. The number of hydrogen-bond acceptors (Lipinski definition) is 2. The van der Waals surface area contributed by atoms with Gasteiger partial charge in [0.15, 0.2) is 0 Å². The Morgan fingerprint density at radius 2 is 1.93 bits per heavy atom. The van der Waals surface area contributed by atoms with Crippen LogP contribution in [0.25, 0.3) is 0 Å². The molecule has 0 aromatic heterocycles. The fourth-order valence-corrected chi connectivity index (χ4v) is 2.40. The average molecular weight is 229 g/mol. The van der Waals surface area contributed by atoms with Crippen molar-refractivity contribution in [3.8, 4) is 0 Å². The number of thioether (sulfide) groups is 1. The van der Waals surface area contributed by atoms with Gasteiger partial charge in [0.1, 0.15) is 0 Å². The van der Waals surface area contributed by atoms with Gasteiger partial charge in [-0.1, -0.05) is 32.4 Å². The van der Waals surface area contributed by atoms with E-state index in [1.807, 2.05) is 0 Å². The van der Waals surface area contributed by atoms with Crippen LogP contribution in [0.15, 0.2) is 11.6 Å². The molecule has 1 atom stereocenters. The lowest BCUT2D eigenvalue weighted by molar-refractivity contribution is 0.626. The van der Waals surface area contributed by atoms with Crippen LogP contribution in [0.3, 0.4) is 0 Å². The quantitative estimate of drug-likeness (QED) is 0.637. The molecule has 0 aliphatic rings. The molecular weight excluding hydrogens is 202 g/mol. The van der Waals surface area contributed by atoms with Crippen LogP contribution >= 0.6 is 11.8 Å². The van der Waals surface area contributed by atoms with Gasteiger partial charge < -0.3 is 5.32 Å². The van der Waals surface area contributed by atoms with E-state index < -0.39 is 0 Å². The Morgan fingerprint density at radius 1 is 1.27 bits per heavy atom. The molecule has 0 heterocycles. The van der Waals surface area contributed by atoms with Crippen molar-refractivity contribution < 1.29 is 0 Å². The second-order valence-corrected chi connectivity index (χ2v) is 5.81. The van der Waals surface area contributed by atoms with Gasteiger partial charge in [-0.05, 0) is 38.5 Å². The zero-order valence-corrected chi connectivity index (χ0v) is 11.8. The Bertz CT molecular complexity index is 171. The minimum Gasteiger partial charge on any atom is -0.310 e. The number of rotatable bonds is 8. The normalized spacial score (nSPS) is 12.9. The van der Waals surface area contributed by atoms with Gasteiger partial charge >= 0.3 is 0 Å². The van der Waals surface area contributed by atoms with Gasteiger partial charge in [-0.2, -0.15) is 11.8 Å². The molecule has 0 rings (SSSR count). The third-order valence-electron chi connectivity index (χ3n) is 1.94. The van der Waals surface area contributed by atoms with E-state index in [0.717, 1.165) is 12.5 Å². The molecule has 0 radical (unpaired) electrons. The number of nitrogens with one attached hydrogen (secondary N) is 1. The highest BCUT2D eigenvalue weighted by Gasteiger charge is 2.04. The van der Waals surface area contributed by atoms with E-state index in [4.69, 9.17) is 0 Å². The third kappa shape index (κ3) is 10.3. The monoisotopic (exact) mass is 229 g/mol. The van der Waals surface area contributed by atoms with Crippen LogP contribution in [-0.4, -0.2) is 24.1 Å². The van der Waals surface area contributed by atoms with E-state index in [1.54, 1.807) is 0 Å². The van der Waals surface area contributed by atoms with Crippen LogP contribution in [0.2, 0.25) is 0 Å². The van der Waals surface area contributed by atoms with Gasteiger partial charge in [-0.3, -0.25) is 0 Å². The minimum atomic E-state index is 0.554. The van der Waals surface area contributed by atoms with Crippen LogP contribution in [0.4, 0.5) is 0 Å². The summed E-state index contributed by atoms with van der Waals surface area (Å²) in [7, 11) is 0. The van der Waals surface area contributed by atoms with Crippen LogP contribution < -0.4 is 5.32 Å². The van der Waals surface area contributed by atoms with Crippen molar-refractivity contribution >= 4 is 11.8 Å². The summed E-state index contributed by atoms with van der Waals surface area (Å²) in [6, 6.07) is 0.554. The SMILES string of the molecule is CCCNC(C=C(C)C)CSCC(C)C. The first-order valence-electron chi connectivity index (χ1n) is 6.02. The maximum Gasteiger partial charge on any atom is 0.0343 e. The molecule has 1 N–H and O–H groups in total. The topological polar surface area (TPSA) is 12.0 Å². The predicted octanol–water partition coefficient (Wildman–Crippen LogP) is 3.71. The Labute approximate surface area is 100 Å². The fraction of sp³-hybridized carbons (Fsp3) is 0.846. The molecular formula is C13H27NS. The predicted molar refractivity (Wildman–Crippen MR) is 73.7 cm³/mol. The molecule has 0 amide bonds. The molecule has 0 fully saturated rings. The highest BCUT2D eigenvalue weighted by molar-refractivity contribution is 7.99. The fourth-order valence-electron chi connectivity index (χ4n) is 1.33. The molecule has 90 valence electrons. The minimum absolute atomic E-state index is 0.554. The van der Waals surface area contributed by atoms with Gasteiger partial charge in [-0.25, -0.2) is 0 Å². The summed E-state index contributed by atoms with van der Waals surface area (Å²) < 4.78 is 0. The van der Waals surface area contributed by atoms with Crippen molar-refractivity contribution in [3.05, 3.63) is 11.6 Å². The molecule has 1 unspecified atom stereocenters. The molecule has 0 bridgehead atoms. The molecule has 0 aliphatic carbocycles. The number of allylic oxidation sites excluding steroid dienone is 1. The van der Waals surface area contributed by atoms with E-state index in [2.05, 4.69) is 57.8 Å². The van der Waals surface area contributed by atoms with Gasteiger partial charge in [0.05, 0.1) is 0 Å². The molecule has 2 heteroatoms. The van der Waals surface area contributed by atoms with Crippen LogP contribution in [-0.2, 0) is 0 Å². The molecule has 15 heavy (non-hydrogen) atoms. The zero-order chi connectivity index (χ0) is 11.7. The van der Waals surface area contributed by atoms with Crippen molar-refractivity contribution in [2.24, 2.45) is 5.92 Å². The summed E-state index contributed by atoms with van der Waals surface area (Å²) in [4.78, 5) is 0. The maximum absolute atomic E-state index is 3.58. The van der Waals surface area contributed by atoms with Crippen molar-refractivity contribution in [1.29, 1.82) is 0 Å². The Kier molecular flexibility index (Phi) is 9.32. The lowest BCUT2D eigenvalue weighted by Crippen LogP contribution is -2.30. The molecule has 1 nitrogen and oxygen atoms in total. The van der Waals surface area contributed by atoms with Crippen LogP contribution in [0.1, 0.15) is 41.0 Å². The number of hydrogen-bond donors (Lipinski definition) is 1. The largest absolute Gasteiger partial charge is 0.310 e. The molecule has 0 saturated carbocycles.